The molecule has 0 saturated carbocycles. The molecule has 3 aromatic rings. The summed E-state index contributed by atoms with van der Waals surface area (Å²) in [6, 6.07) is 13.3. The first-order valence-corrected chi connectivity index (χ1v) is 12.4. The molecule has 6 heteroatoms. The van der Waals surface area contributed by atoms with Crippen LogP contribution in [0.25, 0.3) is 0 Å². The molecule has 3 aromatic heterocycles. The summed E-state index contributed by atoms with van der Waals surface area (Å²) in [5.41, 5.74) is 12.2. The Morgan fingerprint density at radius 1 is 0.361 bits per heavy atom. The molecule has 0 saturated heterocycles. The van der Waals surface area contributed by atoms with Gasteiger partial charge in [-0.2, -0.15) is 0 Å². The molecular formula is C30H48I3N3. The van der Waals surface area contributed by atoms with Crippen molar-refractivity contribution in [2.75, 3.05) is 0 Å². The minimum absolute atomic E-state index is 0. The van der Waals surface area contributed by atoms with Crippen LogP contribution >= 0.6 is 0 Å². The summed E-state index contributed by atoms with van der Waals surface area (Å²) in [6.45, 7) is 29.1. The third-order valence-electron chi connectivity index (χ3n) is 6.12. The highest BCUT2D eigenvalue weighted by Gasteiger charge is 2.09. The lowest BCUT2D eigenvalue weighted by Crippen LogP contribution is -3.00. The second-order valence-electron chi connectivity index (χ2n) is 9.18. The lowest BCUT2D eigenvalue weighted by atomic mass is 10.2. The number of aromatic nitrogens is 3. The fourth-order valence-corrected chi connectivity index (χ4v) is 4.90. The average Bonchev–Trinajstić information content (AvgIpc) is 2.68. The topological polar surface area (TPSA) is 11.6 Å². The number of nitrogens with zero attached hydrogens (tertiary/aromatic N) is 3. The van der Waals surface area contributed by atoms with E-state index in [9.17, 15) is 0 Å². The summed E-state index contributed by atoms with van der Waals surface area (Å²) >= 11 is 0. The SMILES string of the molecule is CC[n+]1c(C)cc(C)cc1C.CC[n+]1c(C)cc(C)cc1C.CC[n+]1c(C)cc(C)cc1C.[I-].[I-].[I-]. The van der Waals surface area contributed by atoms with Gasteiger partial charge in [-0.15, -0.1) is 0 Å². The van der Waals surface area contributed by atoms with E-state index in [1.54, 1.807) is 0 Å². The first kappa shape index (κ1) is 40.1. The largest absolute Gasteiger partial charge is 1.00 e. The zero-order chi connectivity index (χ0) is 25.3. The number of aryl methyl sites for hydroxylation is 9. The molecule has 0 radical (unpaired) electrons. The third-order valence-corrected chi connectivity index (χ3v) is 6.12. The molecule has 3 heterocycles. The highest BCUT2D eigenvalue weighted by Crippen LogP contribution is 2.02. The molecule has 0 N–H and O–H groups in total. The van der Waals surface area contributed by atoms with Crippen molar-refractivity contribution in [1.29, 1.82) is 0 Å². The highest BCUT2D eigenvalue weighted by molar-refractivity contribution is 5.14. The molecule has 0 aliphatic rings. The van der Waals surface area contributed by atoms with Crippen LogP contribution in [0.15, 0.2) is 36.4 Å². The monoisotopic (exact) mass is 831 g/mol. The second-order valence-corrected chi connectivity index (χ2v) is 9.18. The first-order chi connectivity index (χ1) is 15.4. The molecule has 3 nitrogen and oxygen atoms in total. The van der Waals surface area contributed by atoms with Crippen molar-refractivity contribution < 1.29 is 85.6 Å². The minimum Gasteiger partial charge on any atom is -1.00 e. The highest BCUT2D eigenvalue weighted by atomic mass is 127. The Kier molecular flexibility index (Phi) is 21.9. The van der Waals surface area contributed by atoms with E-state index in [4.69, 9.17) is 0 Å². The van der Waals surface area contributed by atoms with Crippen LogP contribution < -0.4 is 85.6 Å². The van der Waals surface area contributed by atoms with E-state index in [1.165, 1.54) is 50.9 Å². The number of halogens is 3. The Balaban J connectivity index is -0.000000436. The summed E-state index contributed by atoms with van der Waals surface area (Å²) < 4.78 is 6.94. The summed E-state index contributed by atoms with van der Waals surface area (Å²) in [5, 5.41) is 0. The molecule has 0 aliphatic heterocycles. The van der Waals surface area contributed by atoms with Gasteiger partial charge in [0.2, 0.25) is 0 Å². The van der Waals surface area contributed by atoms with Crippen molar-refractivity contribution in [3.8, 4) is 0 Å². The molecule has 3 rings (SSSR count). The van der Waals surface area contributed by atoms with Crippen molar-refractivity contribution in [3.63, 3.8) is 0 Å². The van der Waals surface area contributed by atoms with Gasteiger partial charge >= 0.3 is 0 Å². The van der Waals surface area contributed by atoms with Gasteiger partial charge in [-0.25, -0.2) is 13.7 Å². The molecule has 0 amide bonds. The molecule has 0 fully saturated rings. The van der Waals surface area contributed by atoms with E-state index in [2.05, 4.69) is 133 Å². The molecular weight excluding hydrogens is 783 g/mol. The van der Waals surface area contributed by atoms with E-state index >= 15 is 0 Å². The summed E-state index contributed by atoms with van der Waals surface area (Å²) in [7, 11) is 0. The van der Waals surface area contributed by atoms with Crippen molar-refractivity contribution in [2.24, 2.45) is 0 Å². The molecule has 0 aromatic carbocycles. The number of rotatable bonds is 3. The van der Waals surface area contributed by atoms with Crippen LogP contribution in [0.4, 0.5) is 0 Å². The van der Waals surface area contributed by atoms with Gasteiger partial charge in [0.05, 0.1) is 0 Å². The van der Waals surface area contributed by atoms with Gasteiger partial charge in [0.1, 0.15) is 19.6 Å². The van der Waals surface area contributed by atoms with Gasteiger partial charge in [0.25, 0.3) is 0 Å². The summed E-state index contributed by atoms with van der Waals surface area (Å²) in [5.74, 6) is 0. The van der Waals surface area contributed by atoms with Crippen LogP contribution in [-0.4, -0.2) is 0 Å². The molecule has 0 spiro atoms. The first-order valence-electron chi connectivity index (χ1n) is 12.4. The maximum absolute atomic E-state index is 2.31. The zero-order valence-electron chi connectivity index (χ0n) is 24.6. The zero-order valence-corrected chi connectivity index (χ0v) is 31.0. The Morgan fingerprint density at radius 3 is 0.611 bits per heavy atom. The maximum Gasteiger partial charge on any atom is 0.178 e. The standard InChI is InChI=1S/3C10H16N.3HI/c3*1-5-11-9(3)6-8(2)7-10(11)4;;;/h3*6-7H,5H2,1-4H3;3*1H/q3*+1;;;/p-3. The van der Waals surface area contributed by atoms with Crippen LogP contribution in [-0.2, 0) is 19.6 Å². The van der Waals surface area contributed by atoms with E-state index < -0.39 is 0 Å². The van der Waals surface area contributed by atoms with E-state index in [0.717, 1.165) is 19.6 Å². The van der Waals surface area contributed by atoms with Gasteiger partial charge in [-0.1, -0.05) is 0 Å². The molecule has 0 unspecified atom stereocenters. The Labute approximate surface area is 273 Å². The lowest BCUT2D eigenvalue weighted by molar-refractivity contribution is -0.705. The maximum atomic E-state index is 2.31. The molecule has 0 aliphatic carbocycles. The molecule has 204 valence electrons. The van der Waals surface area contributed by atoms with Crippen molar-refractivity contribution in [2.45, 2.75) is 103 Å². The Hall–Kier alpha value is -0.360. The fraction of sp³-hybridized carbons (Fsp3) is 0.500. The fourth-order valence-electron chi connectivity index (χ4n) is 4.90. The van der Waals surface area contributed by atoms with Gasteiger partial charge in [0, 0.05) is 77.9 Å². The van der Waals surface area contributed by atoms with Gasteiger partial charge in [-0.05, 0) is 58.2 Å². The Bertz CT molecular complexity index is 873. The predicted molar refractivity (Wildman–Crippen MR) is 140 cm³/mol. The van der Waals surface area contributed by atoms with Crippen LogP contribution in [0.2, 0.25) is 0 Å². The minimum atomic E-state index is 0. The van der Waals surface area contributed by atoms with Crippen LogP contribution in [0, 0.1) is 62.3 Å². The van der Waals surface area contributed by atoms with Crippen molar-refractivity contribution in [3.05, 3.63) is 87.3 Å². The van der Waals surface area contributed by atoms with E-state index in [-0.39, 0.29) is 71.9 Å². The number of hydrogen-bond acceptors (Lipinski definition) is 0. The smallest absolute Gasteiger partial charge is 0.178 e. The van der Waals surface area contributed by atoms with E-state index in [0.29, 0.717) is 0 Å². The van der Waals surface area contributed by atoms with E-state index in [1.807, 2.05) is 0 Å². The van der Waals surface area contributed by atoms with Gasteiger partial charge in [-0.3, -0.25) is 0 Å². The lowest BCUT2D eigenvalue weighted by Gasteiger charge is -2.01. The van der Waals surface area contributed by atoms with Crippen molar-refractivity contribution >= 4 is 0 Å². The number of hydrogen-bond donors (Lipinski definition) is 0. The normalized spacial score (nSPS) is 9.33. The molecule has 0 atom stereocenters. The Morgan fingerprint density at radius 2 is 0.500 bits per heavy atom. The van der Waals surface area contributed by atoms with Gasteiger partial charge < -0.3 is 71.9 Å². The quantitative estimate of drug-likeness (QED) is 0.195. The van der Waals surface area contributed by atoms with Crippen LogP contribution in [0.3, 0.4) is 0 Å². The predicted octanol–water partition coefficient (Wildman–Crippen LogP) is -3.23. The van der Waals surface area contributed by atoms with Gasteiger partial charge in [0.15, 0.2) is 34.2 Å². The molecule has 0 bridgehead atoms. The number of pyridine rings is 3. The average molecular weight is 831 g/mol. The summed E-state index contributed by atoms with van der Waals surface area (Å²) in [6.07, 6.45) is 0. The second kappa shape index (κ2) is 19.7. The molecule has 36 heavy (non-hydrogen) atoms. The van der Waals surface area contributed by atoms with Crippen LogP contribution in [0.1, 0.15) is 71.6 Å². The summed E-state index contributed by atoms with van der Waals surface area (Å²) in [4.78, 5) is 0. The third kappa shape index (κ3) is 12.5. The van der Waals surface area contributed by atoms with Crippen molar-refractivity contribution in [1.82, 2.24) is 0 Å². The van der Waals surface area contributed by atoms with Crippen LogP contribution in [0.5, 0.6) is 0 Å².